The zero-order valence-electron chi connectivity index (χ0n) is 25.8. The van der Waals surface area contributed by atoms with Crippen molar-refractivity contribution in [2.24, 2.45) is 11.7 Å². The van der Waals surface area contributed by atoms with Gasteiger partial charge in [0.15, 0.2) is 0 Å². The zero-order chi connectivity index (χ0) is 31.9. The standard InChI is InChI=1S/C20H22N2O3S2.C15H21NO2/c21-18(23)19(24)22-17(20-26-11-6-12-27-20)15-9-4-5-10-16(15)25-13-14-7-2-1-3-8-14;1-13-6-5-10-16(11-9-13)15(17)18-12-14-7-3-2-4-8-14/h1-5,7-10,17,20H,6,11-13H2,(H2,21,23)(H,22,24);2-4,7-8,13H,5-6,9-12H2,1H3. The molecule has 2 aliphatic rings. The predicted octanol–water partition coefficient (Wildman–Crippen LogP) is 6.55. The van der Waals surface area contributed by atoms with Gasteiger partial charge in [-0.2, -0.15) is 0 Å². The molecule has 240 valence electrons. The van der Waals surface area contributed by atoms with Crippen LogP contribution in [-0.2, 0) is 27.5 Å². The molecule has 3 aromatic rings. The number of hydrogen-bond donors (Lipinski definition) is 2. The highest BCUT2D eigenvalue weighted by molar-refractivity contribution is 8.17. The Morgan fingerprint density at radius 3 is 2.13 bits per heavy atom. The van der Waals surface area contributed by atoms with E-state index in [2.05, 4.69) is 12.2 Å². The fourth-order valence-corrected chi connectivity index (χ4v) is 8.11. The van der Waals surface area contributed by atoms with Crippen molar-refractivity contribution in [3.05, 3.63) is 102 Å². The van der Waals surface area contributed by atoms with Gasteiger partial charge in [0, 0.05) is 18.7 Å². The second kappa shape index (κ2) is 18.4. The molecule has 0 saturated carbocycles. The molecular formula is C35H43N3O5S2. The van der Waals surface area contributed by atoms with E-state index in [1.807, 2.05) is 89.8 Å². The molecule has 0 spiro atoms. The lowest BCUT2D eigenvalue weighted by Gasteiger charge is -2.31. The Balaban J connectivity index is 0.000000222. The van der Waals surface area contributed by atoms with Crippen molar-refractivity contribution < 1.29 is 23.9 Å². The molecule has 2 saturated heterocycles. The van der Waals surface area contributed by atoms with Gasteiger partial charge >= 0.3 is 17.9 Å². The van der Waals surface area contributed by atoms with Crippen LogP contribution < -0.4 is 15.8 Å². The maximum Gasteiger partial charge on any atom is 0.410 e. The molecule has 2 fully saturated rings. The fraction of sp³-hybridized carbons (Fsp3) is 0.400. The molecule has 5 rings (SSSR count). The Hall–Kier alpha value is -3.63. The molecule has 8 nitrogen and oxygen atoms in total. The van der Waals surface area contributed by atoms with Crippen LogP contribution in [0, 0.1) is 5.92 Å². The molecule has 3 aromatic carbocycles. The topological polar surface area (TPSA) is 111 Å². The molecule has 0 radical (unpaired) electrons. The summed E-state index contributed by atoms with van der Waals surface area (Å²) in [4.78, 5) is 37.1. The van der Waals surface area contributed by atoms with Crippen LogP contribution in [0.25, 0.3) is 0 Å². The Labute approximate surface area is 274 Å². The SMILES string of the molecule is CC1CCCN(C(=O)OCc2ccccc2)CC1.NC(=O)C(=O)NC(c1ccccc1OCc1ccccc1)C1SCCCS1. The Bertz CT molecular complexity index is 1360. The average Bonchev–Trinajstić information content (AvgIpc) is 3.31. The Morgan fingerprint density at radius 2 is 1.47 bits per heavy atom. The monoisotopic (exact) mass is 649 g/mol. The molecule has 10 heteroatoms. The van der Waals surface area contributed by atoms with E-state index in [9.17, 15) is 14.4 Å². The van der Waals surface area contributed by atoms with E-state index in [1.165, 1.54) is 6.42 Å². The van der Waals surface area contributed by atoms with E-state index < -0.39 is 11.8 Å². The van der Waals surface area contributed by atoms with E-state index in [-0.39, 0.29) is 16.7 Å². The lowest BCUT2D eigenvalue weighted by molar-refractivity contribution is -0.137. The van der Waals surface area contributed by atoms with Crippen molar-refractivity contribution in [2.45, 2.75) is 56.4 Å². The van der Waals surface area contributed by atoms with Crippen LogP contribution in [0.2, 0.25) is 0 Å². The Kier molecular flexibility index (Phi) is 14.0. The summed E-state index contributed by atoms with van der Waals surface area (Å²) >= 11 is 3.57. The van der Waals surface area contributed by atoms with Crippen molar-refractivity contribution in [1.82, 2.24) is 10.2 Å². The van der Waals surface area contributed by atoms with Gasteiger partial charge in [-0.3, -0.25) is 9.59 Å². The van der Waals surface area contributed by atoms with Crippen LogP contribution in [0.3, 0.4) is 0 Å². The number of amides is 3. The number of nitrogens with one attached hydrogen (secondary N) is 1. The molecule has 2 unspecified atom stereocenters. The zero-order valence-corrected chi connectivity index (χ0v) is 27.4. The summed E-state index contributed by atoms with van der Waals surface area (Å²) in [6.07, 6.45) is 4.34. The van der Waals surface area contributed by atoms with Crippen molar-refractivity contribution in [3.8, 4) is 5.75 Å². The molecule has 45 heavy (non-hydrogen) atoms. The first-order valence-corrected chi connectivity index (χ1v) is 17.5. The summed E-state index contributed by atoms with van der Waals surface area (Å²) in [6.45, 7) is 4.70. The number of carbonyl (C=O) groups excluding carboxylic acids is 3. The Morgan fingerprint density at radius 1 is 0.844 bits per heavy atom. The second-order valence-corrected chi connectivity index (χ2v) is 14.0. The first kappa shape index (κ1) is 34.2. The molecule has 2 atom stereocenters. The van der Waals surface area contributed by atoms with Gasteiger partial charge in [0.1, 0.15) is 19.0 Å². The van der Waals surface area contributed by atoms with Gasteiger partial charge in [0.25, 0.3) is 0 Å². The van der Waals surface area contributed by atoms with Crippen LogP contribution in [0.4, 0.5) is 4.79 Å². The van der Waals surface area contributed by atoms with E-state index in [1.54, 1.807) is 23.5 Å². The number of likely N-dealkylation sites (tertiary alicyclic amines) is 1. The van der Waals surface area contributed by atoms with Gasteiger partial charge < -0.3 is 25.4 Å². The van der Waals surface area contributed by atoms with Gasteiger partial charge in [0.05, 0.1) is 10.6 Å². The van der Waals surface area contributed by atoms with E-state index >= 15 is 0 Å². The second-order valence-electron chi connectivity index (χ2n) is 11.2. The molecule has 3 amide bonds. The van der Waals surface area contributed by atoms with Crippen LogP contribution in [0.15, 0.2) is 84.9 Å². The summed E-state index contributed by atoms with van der Waals surface area (Å²) in [7, 11) is 0. The lowest BCUT2D eigenvalue weighted by Crippen LogP contribution is -2.41. The number of benzene rings is 3. The summed E-state index contributed by atoms with van der Waals surface area (Å²) in [6, 6.07) is 27.0. The molecule has 0 bridgehead atoms. The summed E-state index contributed by atoms with van der Waals surface area (Å²) in [5, 5.41) is 2.81. The van der Waals surface area contributed by atoms with Gasteiger partial charge in [-0.15, -0.1) is 23.5 Å². The normalized spacial score (nSPS) is 17.5. The number of thioether (sulfide) groups is 2. The van der Waals surface area contributed by atoms with Crippen LogP contribution in [0.1, 0.15) is 55.3 Å². The fourth-order valence-electron chi connectivity index (χ4n) is 5.06. The molecule has 0 aromatic heterocycles. The van der Waals surface area contributed by atoms with Crippen molar-refractivity contribution in [3.63, 3.8) is 0 Å². The number of para-hydroxylation sites is 1. The molecular weight excluding hydrogens is 607 g/mol. The van der Waals surface area contributed by atoms with Gasteiger partial charge in [-0.05, 0) is 60.3 Å². The van der Waals surface area contributed by atoms with E-state index in [0.717, 1.165) is 66.5 Å². The van der Waals surface area contributed by atoms with E-state index in [0.29, 0.717) is 19.0 Å². The highest BCUT2D eigenvalue weighted by atomic mass is 32.2. The third kappa shape index (κ3) is 11.3. The number of nitrogens with two attached hydrogens (primary N) is 1. The minimum atomic E-state index is -0.978. The number of rotatable bonds is 8. The largest absolute Gasteiger partial charge is 0.489 e. The summed E-state index contributed by atoms with van der Waals surface area (Å²) < 4.78 is 11.5. The van der Waals surface area contributed by atoms with Crippen molar-refractivity contribution in [1.29, 1.82) is 0 Å². The average molecular weight is 650 g/mol. The first-order chi connectivity index (χ1) is 21.9. The predicted molar refractivity (Wildman–Crippen MR) is 182 cm³/mol. The number of nitrogens with zero attached hydrogens (tertiary/aromatic N) is 1. The number of carbonyl (C=O) groups is 3. The molecule has 0 aliphatic carbocycles. The summed E-state index contributed by atoms with van der Waals surface area (Å²) in [5.74, 6) is 1.71. The smallest absolute Gasteiger partial charge is 0.410 e. The van der Waals surface area contributed by atoms with E-state index in [4.69, 9.17) is 15.2 Å². The number of hydrogen-bond acceptors (Lipinski definition) is 7. The third-order valence-corrected chi connectivity index (χ3v) is 10.7. The first-order valence-electron chi connectivity index (χ1n) is 15.5. The molecule has 2 aliphatic heterocycles. The molecule has 3 N–H and O–H groups in total. The quantitative estimate of drug-likeness (QED) is 0.266. The highest BCUT2D eigenvalue weighted by Crippen LogP contribution is 2.41. The van der Waals surface area contributed by atoms with Crippen LogP contribution >= 0.6 is 23.5 Å². The van der Waals surface area contributed by atoms with Crippen LogP contribution in [0.5, 0.6) is 5.75 Å². The third-order valence-electron chi connectivity index (χ3n) is 7.61. The van der Waals surface area contributed by atoms with Gasteiger partial charge in [0.2, 0.25) is 0 Å². The minimum Gasteiger partial charge on any atom is -0.489 e. The molecule has 2 heterocycles. The number of ether oxygens (including phenoxy) is 2. The lowest BCUT2D eigenvalue weighted by atomic mass is 10.0. The summed E-state index contributed by atoms with van der Waals surface area (Å²) in [5.41, 5.74) is 8.12. The van der Waals surface area contributed by atoms with Gasteiger partial charge in [-0.1, -0.05) is 85.8 Å². The maximum absolute atomic E-state index is 12.0. The van der Waals surface area contributed by atoms with Crippen molar-refractivity contribution >= 4 is 41.4 Å². The maximum atomic E-state index is 12.0. The van der Waals surface area contributed by atoms with Crippen LogP contribution in [-0.4, -0.2) is 52.0 Å². The van der Waals surface area contributed by atoms with Crippen molar-refractivity contribution in [2.75, 3.05) is 24.6 Å². The minimum absolute atomic E-state index is 0.100. The highest BCUT2D eigenvalue weighted by Gasteiger charge is 2.31. The van der Waals surface area contributed by atoms with Gasteiger partial charge in [-0.25, -0.2) is 4.79 Å². The number of primary amides is 1.